The molecule has 2 unspecified atom stereocenters. The summed E-state index contributed by atoms with van der Waals surface area (Å²) >= 11 is 0. The molecule has 6 aliphatic carbocycles. The van der Waals surface area contributed by atoms with Gasteiger partial charge in [-0.1, -0.05) is 182 Å². The molecule has 2 spiro atoms. The Labute approximate surface area is 328 Å². The van der Waals surface area contributed by atoms with Crippen molar-refractivity contribution in [1.82, 2.24) is 0 Å². The summed E-state index contributed by atoms with van der Waals surface area (Å²) in [6.45, 7) is 2.21. The Kier molecular flexibility index (Phi) is 7.26. The van der Waals surface area contributed by atoms with Gasteiger partial charge in [0.05, 0.1) is 22.1 Å². The van der Waals surface area contributed by atoms with Crippen LogP contribution < -0.4 is 5.73 Å². The summed E-state index contributed by atoms with van der Waals surface area (Å²) in [5, 5.41) is 0. The Balaban J connectivity index is 1.20. The van der Waals surface area contributed by atoms with E-state index in [9.17, 15) is 0 Å². The smallest absolute Gasteiger partial charge is 0.127 e. The van der Waals surface area contributed by atoms with Gasteiger partial charge in [0, 0.05) is 11.8 Å². The van der Waals surface area contributed by atoms with Gasteiger partial charge in [0.1, 0.15) is 5.84 Å². The normalized spacial score (nSPS) is 21.9. The molecule has 6 aliphatic rings. The van der Waals surface area contributed by atoms with Gasteiger partial charge < -0.3 is 5.73 Å². The van der Waals surface area contributed by atoms with Crippen molar-refractivity contribution in [1.29, 1.82) is 0 Å². The van der Waals surface area contributed by atoms with Crippen molar-refractivity contribution in [2.75, 3.05) is 0 Å². The molecule has 5 aromatic carbocycles. The molecule has 0 amide bonds. The van der Waals surface area contributed by atoms with Gasteiger partial charge >= 0.3 is 0 Å². The standard InChI is InChI=1S/C54H40N2/c1-35-18-5-6-22-38(35)51(36-19-3-2-4-20-36)56-52(55)37-21-17-33-49-50(34-37)54(45-29-13-9-25-41(45)42-26-10-14-30-46(42)54)48-32-16-15-31-47(48)53(49)43-27-11-7-23-39(43)40-24-8-12-28-44(40)53/h2-3,5-16,18-19,21-33,35,50H,17,34H2,1H3,(H2,55,56)/b51-38-. The summed E-state index contributed by atoms with van der Waals surface area (Å²) in [5.74, 6) is 0.765. The van der Waals surface area contributed by atoms with Gasteiger partial charge in [-0.15, -0.1) is 0 Å². The Morgan fingerprint density at radius 2 is 1.21 bits per heavy atom. The summed E-state index contributed by atoms with van der Waals surface area (Å²) in [6, 6.07) is 45.8. The number of aliphatic imine (C=N–C) groups is 1. The zero-order valence-corrected chi connectivity index (χ0v) is 31.3. The highest BCUT2D eigenvalue weighted by atomic mass is 14.9. The molecule has 0 radical (unpaired) electrons. The van der Waals surface area contributed by atoms with Crippen molar-refractivity contribution in [3.05, 3.63) is 249 Å². The molecule has 0 bridgehead atoms. The minimum atomic E-state index is -0.474. The number of fused-ring (bicyclic) bond motifs is 16. The van der Waals surface area contributed by atoms with Crippen LogP contribution in [0, 0.1) is 11.8 Å². The van der Waals surface area contributed by atoms with E-state index in [4.69, 9.17) is 10.7 Å². The predicted molar refractivity (Wildman–Crippen MR) is 229 cm³/mol. The van der Waals surface area contributed by atoms with Gasteiger partial charge in [-0.25, -0.2) is 4.99 Å². The first-order valence-corrected chi connectivity index (χ1v) is 19.8. The Morgan fingerprint density at radius 3 is 1.82 bits per heavy atom. The lowest BCUT2D eigenvalue weighted by Crippen LogP contribution is -2.50. The van der Waals surface area contributed by atoms with Crippen LogP contribution in [0.2, 0.25) is 0 Å². The molecule has 266 valence electrons. The van der Waals surface area contributed by atoms with Gasteiger partial charge in [0.25, 0.3) is 0 Å². The number of hydrogen-bond acceptors (Lipinski definition) is 1. The number of amidine groups is 1. The highest BCUT2D eigenvalue weighted by molar-refractivity contribution is 5.99. The summed E-state index contributed by atoms with van der Waals surface area (Å²) < 4.78 is 0. The highest BCUT2D eigenvalue weighted by Crippen LogP contribution is 2.70. The Hall–Kier alpha value is -6.69. The third-order valence-electron chi connectivity index (χ3n) is 13.2. The topological polar surface area (TPSA) is 38.4 Å². The lowest BCUT2D eigenvalue weighted by atomic mass is 9.47. The SMILES string of the molecule is CC1C=CC=C/C1=C(/N=C(N)C1=CCC=C2C(C1)C1(c3ccccc3-c3ccccc31)c1ccccc1C21c2ccccc2-c2ccccc21)C1=C=C=CC=C1. The van der Waals surface area contributed by atoms with Crippen molar-refractivity contribution in [2.24, 2.45) is 22.6 Å². The van der Waals surface area contributed by atoms with E-state index < -0.39 is 10.8 Å². The van der Waals surface area contributed by atoms with Crippen LogP contribution in [-0.2, 0) is 10.8 Å². The first kappa shape index (κ1) is 32.7. The molecule has 0 saturated heterocycles. The molecule has 0 fully saturated rings. The van der Waals surface area contributed by atoms with Crippen LogP contribution >= 0.6 is 0 Å². The van der Waals surface area contributed by atoms with Gasteiger partial charge in [0.2, 0.25) is 0 Å². The summed E-state index contributed by atoms with van der Waals surface area (Å²) in [6.07, 6.45) is 20.9. The maximum absolute atomic E-state index is 7.36. The molecule has 2 atom stereocenters. The molecule has 5 aromatic rings. The molecule has 56 heavy (non-hydrogen) atoms. The average molecular weight is 717 g/mol. The Morgan fingerprint density at radius 1 is 0.643 bits per heavy atom. The lowest BCUT2D eigenvalue weighted by molar-refractivity contribution is 0.372. The average Bonchev–Trinajstić information content (AvgIpc) is 3.59. The van der Waals surface area contributed by atoms with Crippen molar-refractivity contribution in [3.8, 4) is 22.3 Å². The Bertz CT molecular complexity index is 2780. The van der Waals surface area contributed by atoms with Crippen molar-refractivity contribution in [2.45, 2.75) is 30.6 Å². The molecule has 2 heteroatoms. The third-order valence-corrected chi connectivity index (χ3v) is 13.2. The largest absolute Gasteiger partial charge is 0.383 e. The number of benzene rings is 5. The second kappa shape index (κ2) is 12.4. The van der Waals surface area contributed by atoms with E-state index in [-0.39, 0.29) is 11.8 Å². The summed E-state index contributed by atoms with van der Waals surface area (Å²) in [4.78, 5) is 5.38. The van der Waals surface area contributed by atoms with Gasteiger partial charge in [-0.2, -0.15) is 0 Å². The number of nitrogens with zero attached hydrogens (tertiary/aromatic N) is 1. The second-order valence-corrected chi connectivity index (χ2v) is 15.7. The van der Waals surface area contributed by atoms with Crippen LogP contribution in [0.25, 0.3) is 22.3 Å². The fourth-order valence-electron chi connectivity index (χ4n) is 11.1. The molecule has 0 aromatic heterocycles. The first-order chi connectivity index (χ1) is 27.6. The molecule has 0 saturated carbocycles. The second-order valence-electron chi connectivity index (χ2n) is 15.7. The van der Waals surface area contributed by atoms with Crippen molar-refractivity contribution < 1.29 is 0 Å². The van der Waals surface area contributed by atoms with E-state index in [1.807, 2.05) is 12.2 Å². The van der Waals surface area contributed by atoms with E-state index in [0.29, 0.717) is 5.84 Å². The molecular weight excluding hydrogens is 677 g/mol. The quantitative estimate of drug-likeness (QED) is 0.0858. The van der Waals surface area contributed by atoms with Crippen LogP contribution in [0.15, 0.2) is 220 Å². The van der Waals surface area contributed by atoms with Crippen molar-refractivity contribution in [3.63, 3.8) is 0 Å². The molecule has 2 nitrogen and oxygen atoms in total. The maximum Gasteiger partial charge on any atom is 0.127 e. The lowest BCUT2D eigenvalue weighted by Gasteiger charge is -2.54. The number of allylic oxidation sites excluding steroid dienone is 11. The highest BCUT2D eigenvalue weighted by Gasteiger charge is 2.62. The minimum absolute atomic E-state index is 0.0214. The zero-order valence-electron chi connectivity index (χ0n) is 31.3. The van der Waals surface area contributed by atoms with Crippen LogP contribution in [0.1, 0.15) is 53.1 Å². The molecule has 0 aliphatic heterocycles. The van der Waals surface area contributed by atoms with Crippen molar-refractivity contribution >= 4 is 5.84 Å². The predicted octanol–water partition coefficient (Wildman–Crippen LogP) is 11.8. The molecule has 2 N–H and O–H groups in total. The van der Waals surface area contributed by atoms with E-state index in [0.717, 1.165) is 35.3 Å². The summed E-state index contributed by atoms with van der Waals surface area (Å²) in [7, 11) is 0. The maximum atomic E-state index is 7.36. The van der Waals surface area contributed by atoms with Gasteiger partial charge in [0.15, 0.2) is 0 Å². The van der Waals surface area contributed by atoms with E-state index >= 15 is 0 Å². The van der Waals surface area contributed by atoms with E-state index in [1.165, 1.54) is 61.2 Å². The van der Waals surface area contributed by atoms with E-state index in [2.05, 4.69) is 182 Å². The third kappa shape index (κ3) is 4.32. The fraction of sp³-hybridized carbons (Fsp3) is 0.130. The van der Waals surface area contributed by atoms with Gasteiger partial charge in [-0.3, -0.25) is 0 Å². The first-order valence-electron chi connectivity index (χ1n) is 19.8. The van der Waals surface area contributed by atoms with Crippen LogP contribution in [0.3, 0.4) is 0 Å². The fourth-order valence-corrected chi connectivity index (χ4v) is 11.1. The molecule has 11 rings (SSSR count). The van der Waals surface area contributed by atoms with Crippen LogP contribution in [0.4, 0.5) is 0 Å². The number of hydrogen-bond donors (Lipinski definition) is 1. The van der Waals surface area contributed by atoms with E-state index in [1.54, 1.807) is 0 Å². The summed E-state index contributed by atoms with van der Waals surface area (Å²) in [5.41, 5.74) is 31.7. The number of rotatable bonds is 3. The van der Waals surface area contributed by atoms with Gasteiger partial charge in [-0.05, 0) is 97.3 Å². The zero-order chi connectivity index (χ0) is 37.4. The minimum Gasteiger partial charge on any atom is -0.383 e. The van der Waals surface area contributed by atoms with Crippen LogP contribution in [0.5, 0.6) is 0 Å². The molecular formula is C54H40N2. The number of nitrogens with two attached hydrogens (primary N) is 1. The molecule has 0 heterocycles. The monoisotopic (exact) mass is 716 g/mol. The van der Waals surface area contributed by atoms with Crippen LogP contribution in [-0.4, -0.2) is 5.84 Å².